The Hall–Kier alpha value is -1.58. The highest BCUT2D eigenvalue weighted by Crippen LogP contribution is 2.26. The molecule has 0 atom stereocenters. The second-order valence-electron chi connectivity index (χ2n) is 3.40. The van der Waals surface area contributed by atoms with E-state index in [0.717, 1.165) is 6.07 Å². The molecule has 108 valence electrons. The van der Waals surface area contributed by atoms with Gasteiger partial charge < -0.3 is 10.1 Å². The van der Waals surface area contributed by atoms with Crippen molar-refractivity contribution in [2.45, 2.75) is 12.4 Å². The molecule has 0 radical (unpaired) electrons. The SMILES string of the molecule is FC(F)(F)COCCNc1ccc(C(F)(F)F)nn1. The number of alkyl halides is 6. The highest BCUT2D eigenvalue weighted by atomic mass is 19.4. The molecular formula is C9H9F6N3O. The van der Waals surface area contributed by atoms with Crippen LogP contribution in [0.25, 0.3) is 0 Å². The van der Waals surface area contributed by atoms with Gasteiger partial charge in [-0.05, 0) is 12.1 Å². The summed E-state index contributed by atoms with van der Waals surface area (Å²) in [5.41, 5.74) is -1.15. The first-order valence-corrected chi connectivity index (χ1v) is 4.98. The van der Waals surface area contributed by atoms with Crippen molar-refractivity contribution in [1.29, 1.82) is 0 Å². The maximum absolute atomic E-state index is 12.1. The van der Waals surface area contributed by atoms with Gasteiger partial charge in [-0.2, -0.15) is 26.3 Å². The maximum Gasteiger partial charge on any atom is 0.435 e. The Morgan fingerprint density at radius 3 is 2.21 bits per heavy atom. The van der Waals surface area contributed by atoms with Crippen molar-refractivity contribution >= 4 is 5.82 Å². The first kappa shape index (κ1) is 15.5. The summed E-state index contributed by atoms with van der Waals surface area (Å²) >= 11 is 0. The van der Waals surface area contributed by atoms with Crippen LogP contribution >= 0.6 is 0 Å². The van der Waals surface area contributed by atoms with E-state index in [9.17, 15) is 26.3 Å². The van der Waals surface area contributed by atoms with Crippen molar-refractivity contribution in [2.24, 2.45) is 0 Å². The molecule has 1 aromatic rings. The molecule has 0 saturated heterocycles. The zero-order valence-corrected chi connectivity index (χ0v) is 9.35. The van der Waals surface area contributed by atoms with Gasteiger partial charge in [0.2, 0.25) is 0 Å². The molecule has 1 N–H and O–H groups in total. The number of nitrogens with one attached hydrogen (secondary N) is 1. The molecule has 1 heterocycles. The molecule has 1 rings (SSSR count). The number of halogens is 6. The Kier molecular flexibility index (Phi) is 4.92. The minimum absolute atomic E-state index is 0.0172. The molecule has 0 aliphatic heterocycles. The average Bonchev–Trinajstić information content (AvgIpc) is 2.26. The molecule has 1 aromatic heterocycles. The van der Waals surface area contributed by atoms with Crippen LogP contribution in [0.3, 0.4) is 0 Å². The number of anilines is 1. The van der Waals surface area contributed by atoms with Gasteiger partial charge >= 0.3 is 12.4 Å². The van der Waals surface area contributed by atoms with E-state index in [1.54, 1.807) is 0 Å². The first-order chi connectivity index (χ1) is 8.68. The van der Waals surface area contributed by atoms with Gasteiger partial charge in [-0.15, -0.1) is 10.2 Å². The number of rotatable bonds is 5. The molecule has 19 heavy (non-hydrogen) atoms. The fraction of sp³-hybridized carbons (Fsp3) is 0.556. The van der Waals surface area contributed by atoms with Crippen LogP contribution in [0.15, 0.2) is 12.1 Å². The average molecular weight is 289 g/mol. The second-order valence-corrected chi connectivity index (χ2v) is 3.40. The quantitative estimate of drug-likeness (QED) is 0.668. The topological polar surface area (TPSA) is 47.0 Å². The first-order valence-electron chi connectivity index (χ1n) is 4.98. The molecule has 0 spiro atoms. The number of ether oxygens (including phenoxy) is 1. The Bertz CT molecular complexity index is 388. The summed E-state index contributed by atoms with van der Waals surface area (Å²) in [5.74, 6) is 0.0172. The minimum atomic E-state index is -4.58. The molecule has 0 bridgehead atoms. The summed E-state index contributed by atoms with van der Waals surface area (Å²) in [6.07, 6.45) is -8.99. The second kappa shape index (κ2) is 6.04. The molecule has 0 aromatic carbocycles. The van der Waals surface area contributed by atoms with E-state index in [1.807, 2.05) is 0 Å². The Morgan fingerprint density at radius 1 is 1.05 bits per heavy atom. The molecule has 0 fully saturated rings. The Labute approximate surface area is 103 Å². The van der Waals surface area contributed by atoms with Crippen molar-refractivity contribution in [2.75, 3.05) is 25.1 Å². The van der Waals surface area contributed by atoms with Crippen molar-refractivity contribution in [3.8, 4) is 0 Å². The molecule has 0 aliphatic carbocycles. The normalized spacial score (nSPS) is 12.5. The summed E-state index contributed by atoms with van der Waals surface area (Å²) in [6.45, 7) is -1.67. The highest BCUT2D eigenvalue weighted by molar-refractivity contribution is 5.33. The van der Waals surface area contributed by atoms with Crippen LogP contribution < -0.4 is 5.32 Å². The molecular weight excluding hydrogens is 280 g/mol. The van der Waals surface area contributed by atoms with Gasteiger partial charge in [-0.1, -0.05) is 0 Å². The lowest BCUT2D eigenvalue weighted by Crippen LogP contribution is -2.20. The number of aromatic nitrogens is 2. The van der Waals surface area contributed by atoms with Gasteiger partial charge in [0.25, 0.3) is 0 Å². The van der Waals surface area contributed by atoms with E-state index in [0.29, 0.717) is 6.07 Å². The van der Waals surface area contributed by atoms with E-state index in [2.05, 4.69) is 20.3 Å². The van der Waals surface area contributed by atoms with Crippen LogP contribution in [0.2, 0.25) is 0 Å². The summed E-state index contributed by atoms with van der Waals surface area (Å²) < 4.78 is 75.7. The third-order valence-corrected chi connectivity index (χ3v) is 1.77. The largest absolute Gasteiger partial charge is 0.435 e. The molecule has 10 heteroatoms. The van der Waals surface area contributed by atoms with Gasteiger partial charge in [0, 0.05) is 6.54 Å². The van der Waals surface area contributed by atoms with Crippen molar-refractivity contribution in [1.82, 2.24) is 10.2 Å². The number of hydrogen-bond acceptors (Lipinski definition) is 4. The summed E-state index contributed by atoms with van der Waals surface area (Å²) in [6, 6.07) is 1.74. The van der Waals surface area contributed by atoms with Crippen LogP contribution in [0, 0.1) is 0 Å². The van der Waals surface area contributed by atoms with Crippen molar-refractivity contribution in [3.05, 3.63) is 17.8 Å². The standard InChI is InChI=1S/C9H9F6N3O/c10-8(11,12)5-19-4-3-16-7-2-1-6(17-18-7)9(13,14)15/h1-2H,3-5H2,(H,16,18). The van der Waals surface area contributed by atoms with Gasteiger partial charge in [-0.25, -0.2) is 0 Å². The van der Waals surface area contributed by atoms with Crippen LogP contribution in [-0.2, 0) is 10.9 Å². The fourth-order valence-electron chi connectivity index (χ4n) is 1.02. The van der Waals surface area contributed by atoms with Gasteiger partial charge in [0.1, 0.15) is 12.4 Å². The summed E-state index contributed by atoms with van der Waals surface area (Å²) in [7, 11) is 0. The Balaban J connectivity index is 2.31. The van der Waals surface area contributed by atoms with Crippen LogP contribution in [0.4, 0.5) is 32.2 Å². The van der Waals surface area contributed by atoms with Gasteiger partial charge in [0.05, 0.1) is 6.61 Å². The monoisotopic (exact) mass is 289 g/mol. The van der Waals surface area contributed by atoms with Crippen LogP contribution in [-0.4, -0.2) is 36.1 Å². The molecule has 0 saturated carbocycles. The lowest BCUT2D eigenvalue weighted by molar-refractivity contribution is -0.172. The zero-order chi connectivity index (χ0) is 14.5. The molecule has 4 nitrogen and oxygen atoms in total. The highest BCUT2D eigenvalue weighted by Gasteiger charge is 2.32. The number of hydrogen-bond donors (Lipinski definition) is 1. The van der Waals surface area contributed by atoms with Crippen LogP contribution in [0.5, 0.6) is 0 Å². The fourth-order valence-corrected chi connectivity index (χ4v) is 1.02. The molecule has 0 aliphatic rings. The number of nitrogens with zero attached hydrogens (tertiary/aromatic N) is 2. The minimum Gasteiger partial charge on any atom is -0.370 e. The predicted octanol–water partition coefficient (Wildman–Crippen LogP) is 2.49. The van der Waals surface area contributed by atoms with Gasteiger partial charge in [-0.3, -0.25) is 0 Å². The van der Waals surface area contributed by atoms with E-state index in [1.165, 1.54) is 0 Å². The van der Waals surface area contributed by atoms with E-state index < -0.39 is 24.7 Å². The third-order valence-electron chi connectivity index (χ3n) is 1.77. The van der Waals surface area contributed by atoms with E-state index in [-0.39, 0.29) is 19.0 Å². The maximum atomic E-state index is 12.1. The predicted molar refractivity (Wildman–Crippen MR) is 52.4 cm³/mol. The smallest absolute Gasteiger partial charge is 0.370 e. The lowest BCUT2D eigenvalue weighted by atomic mass is 10.4. The zero-order valence-electron chi connectivity index (χ0n) is 9.35. The van der Waals surface area contributed by atoms with E-state index >= 15 is 0 Å². The lowest BCUT2D eigenvalue weighted by Gasteiger charge is -2.09. The summed E-state index contributed by atoms with van der Waals surface area (Å²) in [5, 5.41) is 8.64. The molecule has 0 unspecified atom stereocenters. The van der Waals surface area contributed by atoms with E-state index in [4.69, 9.17) is 0 Å². The van der Waals surface area contributed by atoms with Crippen molar-refractivity contribution < 1.29 is 31.1 Å². The summed E-state index contributed by atoms with van der Waals surface area (Å²) in [4.78, 5) is 0. The van der Waals surface area contributed by atoms with Crippen molar-refractivity contribution in [3.63, 3.8) is 0 Å². The Morgan fingerprint density at radius 2 is 1.74 bits per heavy atom. The third kappa shape index (κ3) is 6.22. The van der Waals surface area contributed by atoms with Crippen LogP contribution in [0.1, 0.15) is 5.69 Å². The van der Waals surface area contributed by atoms with Gasteiger partial charge in [0.15, 0.2) is 5.69 Å². The molecule has 0 amide bonds.